The molecule has 0 atom stereocenters. The zero-order valence-electron chi connectivity index (χ0n) is 13.9. The first kappa shape index (κ1) is 16.8. The molecule has 0 fully saturated rings. The van der Waals surface area contributed by atoms with Gasteiger partial charge in [-0.1, -0.05) is 45.9 Å². The van der Waals surface area contributed by atoms with Crippen molar-refractivity contribution in [3.05, 3.63) is 35.9 Å². The predicted octanol–water partition coefficient (Wildman–Crippen LogP) is 5.38. The Morgan fingerprint density at radius 1 is 1.05 bits per heavy atom. The van der Waals surface area contributed by atoms with E-state index in [1.54, 1.807) is 0 Å². The molecule has 0 aliphatic heterocycles. The lowest BCUT2D eigenvalue weighted by Gasteiger charge is -2.31. The van der Waals surface area contributed by atoms with E-state index in [-0.39, 0.29) is 5.54 Å². The Bertz CT molecular complexity index is 449. The van der Waals surface area contributed by atoms with E-state index in [0.29, 0.717) is 11.8 Å². The maximum absolute atomic E-state index is 10.2. The number of hydrogen-bond donors (Lipinski definition) is 1. The first-order chi connectivity index (χ1) is 9.12. The Labute approximate surface area is 124 Å². The van der Waals surface area contributed by atoms with Crippen molar-refractivity contribution < 1.29 is 5.21 Å². The van der Waals surface area contributed by atoms with Gasteiger partial charge >= 0.3 is 0 Å². The fourth-order valence-electron chi connectivity index (χ4n) is 2.16. The molecule has 2 heteroatoms. The predicted molar refractivity (Wildman–Crippen MR) is 88.1 cm³/mol. The van der Waals surface area contributed by atoms with Crippen LogP contribution >= 0.6 is 0 Å². The zero-order valence-corrected chi connectivity index (χ0v) is 13.9. The van der Waals surface area contributed by atoms with Gasteiger partial charge in [0.25, 0.3) is 0 Å². The number of benzene rings is 1. The van der Waals surface area contributed by atoms with Gasteiger partial charge in [-0.15, -0.1) is 0 Å². The van der Waals surface area contributed by atoms with E-state index in [0.717, 1.165) is 5.69 Å². The van der Waals surface area contributed by atoms with Crippen LogP contribution in [0.25, 0.3) is 5.57 Å². The van der Waals surface area contributed by atoms with Crippen molar-refractivity contribution in [2.75, 3.05) is 5.06 Å². The Hall–Kier alpha value is -1.28. The molecular formula is C18H29NO. The van der Waals surface area contributed by atoms with Crippen LogP contribution in [0.1, 0.15) is 54.0 Å². The van der Waals surface area contributed by atoms with Crippen molar-refractivity contribution in [2.45, 2.75) is 54.0 Å². The second-order valence-electron chi connectivity index (χ2n) is 7.05. The third kappa shape index (κ3) is 4.38. The SMILES string of the molecule is CC(C)/C=C(\c1ccc(N(O)C(C)(C)C)cc1)C(C)C. The Morgan fingerprint density at radius 2 is 1.55 bits per heavy atom. The van der Waals surface area contributed by atoms with Crippen molar-refractivity contribution in [3.8, 4) is 0 Å². The molecule has 1 aromatic rings. The zero-order chi connectivity index (χ0) is 15.5. The van der Waals surface area contributed by atoms with Gasteiger partial charge in [0.15, 0.2) is 0 Å². The van der Waals surface area contributed by atoms with E-state index in [1.807, 2.05) is 32.9 Å². The second-order valence-corrected chi connectivity index (χ2v) is 7.05. The smallest absolute Gasteiger partial charge is 0.0640 e. The van der Waals surface area contributed by atoms with E-state index in [9.17, 15) is 5.21 Å². The van der Waals surface area contributed by atoms with Crippen LogP contribution in [0.5, 0.6) is 0 Å². The molecule has 2 nitrogen and oxygen atoms in total. The molecule has 0 amide bonds. The van der Waals surface area contributed by atoms with Gasteiger partial charge in [0.2, 0.25) is 0 Å². The lowest BCUT2D eigenvalue weighted by atomic mass is 9.92. The topological polar surface area (TPSA) is 23.5 Å². The molecule has 1 aromatic carbocycles. The van der Waals surface area contributed by atoms with Crippen molar-refractivity contribution in [1.82, 2.24) is 0 Å². The molecule has 0 aliphatic rings. The van der Waals surface area contributed by atoms with Gasteiger partial charge in [0.1, 0.15) is 0 Å². The average molecular weight is 275 g/mol. The molecule has 0 spiro atoms. The van der Waals surface area contributed by atoms with Gasteiger partial charge in [-0.2, -0.15) is 0 Å². The summed E-state index contributed by atoms with van der Waals surface area (Å²) in [6.07, 6.45) is 2.32. The first-order valence-electron chi connectivity index (χ1n) is 7.44. The van der Waals surface area contributed by atoms with Crippen molar-refractivity contribution in [1.29, 1.82) is 0 Å². The normalized spacial score (nSPS) is 13.2. The molecule has 0 aromatic heterocycles. The molecule has 0 unspecified atom stereocenters. The van der Waals surface area contributed by atoms with Crippen molar-refractivity contribution >= 4 is 11.3 Å². The highest BCUT2D eigenvalue weighted by atomic mass is 16.5. The average Bonchev–Trinajstić information content (AvgIpc) is 2.33. The van der Waals surface area contributed by atoms with Crippen LogP contribution in [0, 0.1) is 11.8 Å². The van der Waals surface area contributed by atoms with Gasteiger partial charge in [0, 0.05) is 0 Å². The number of allylic oxidation sites excluding steroid dienone is 2. The van der Waals surface area contributed by atoms with Gasteiger partial charge in [-0.25, -0.2) is 0 Å². The summed E-state index contributed by atoms with van der Waals surface area (Å²) in [7, 11) is 0. The Morgan fingerprint density at radius 3 is 1.90 bits per heavy atom. The lowest BCUT2D eigenvalue weighted by molar-refractivity contribution is 0.181. The highest BCUT2D eigenvalue weighted by Crippen LogP contribution is 2.28. The summed E-state index contributed by atoms with van der Waals surface area (Å²) in [5.41, 5.74) is 3.14. The van der Waals surface area contributed by atoms with Gasteiger partial charge in [-0.3, -0.25) is 10.3 Å². The molecule has 20 heavy (non-hydrogen) atoms. The molecule has 0 radical (unpaired) electrons. The van der Waals surface area contributed by atoms with E-state index >= 15 is 0 Å². The number of nitrogens with zero attached hydrogens (tertiary/aromatic N) is 1. The molecule has 112 valence electrons. The molecule has 0 saturated heterocycles. The fourth-order valence-corrected chi connectivity index (χ4v) is 2.16. The standard InChI is InChI=1S/C18H29NO/c1-13(2)12-17(14(3)4)15-8-10-16(11-9-15)19(20)18(5,6)7/h8-14,20H,1-7H3/b17-12-. The van der Waals surface area contributed by atoms with Crippen LogP contribution < -0.4 is 5.06 Å². The lowest BCUT2D eigenvalue weighted by Crippen LogP contribution is -2.38. The van der Waals surface area contributed by atoms with Gasteiger partial charge in [-0.05, 0) is 55.9 Å². The Balaban J connectivity index is 3.07. The summed E-state index contributed by atoms with van der Waals surface area (Å²) < 4.78 is 0. The molecule has 0 saturated carbocycles. The number of hydrogen-bond acceptors (Lipinski definition) is 2. The third-order valence-corrected chi connectivity index (χ3v) is 3.22. The molecular weight excluding hydrogens is 246 g/mol. The van der Waals surface area contributed by atoms with Crippen LogP contribution in [0.4, 0.5) is 5.69 Å². The highest BCUT2D eigenvalue weighted by Gasteiger charge is 2.20. The number of rotatable bonds is 4. The summed E-state index contributed by atoms with van der Waals surface area (Å²) in [4.78, 5) is 0. The minimum atomic E-state index is -0.295. The van der Waals surface area contributed by atoms with E-state index < -0.39 is 0 Å². The number of hydroxylamine groups is 1. The third-order valence-electron chi connectivity index (χ3n) is 3.22. The van der Waals surface area contributed by atoms with Gasteiger partial charge < -0.3 is 0 Å². The highest BCUT2D eigenvalue weighted by molar-refractivity contribution is 5.68. The van der Waals surface area contributed by atoms with E-state index in [2.05, 4.69) is 45.9 Å². The van der Waals surface area contributed by atoms with E-state index in [4.69, 9.17) is 0 Å². The van der Waals surface area contributed by atoms with Crippen LogP contribution in [-0.2, 0) is 0 Å². The summed E-state index contributed by atoms with van der Waals surface area (Å²) in [6.45, 7) is 14.8. The largest absolute Gasteiger partial charge is 0.288 e. The van der Waals surface area contributed by atoms with Gasteiger partial charge in [0.05, 0.1) is 11.2 Å². The molecule has 0 bridgehead atoms. The summed E-state index contributed by atoms with van der Waals surface area (Å²) in [5, 5.41) is 11.5. The minimum absolute atomic E-state index is 0.295. The van der Waals surface area contributed by atoms with Crippen LogP contribution in [0.2, 0.25) is 0 Å². The monoisotopic (exact) mass is 275 g/mol. The molecule has 0 aliphatic carbocycles. The summed E-state index contributed by atoms with van der Waals surface area (Å²) >= 11 is 0. The Kier molecular flexibility index (Phi) is 5.41. The quantitative estimate of drug-likeness (QED) is 0.746. The second kappa shape index (κ2) is 6.45. The van der Waals surface area contributed by atoms with Crippen LogP contribution in [0.15, 0.2) is 30.3 Å². The summed E-state index contributed by atoms with van der Waals surface area (Å²) in [6, 6.07) is 8.16. The number of anilines is 1. The fraction of sp³-hybridized carbons (Fsp3) is 0.556. The summed E-state index contributed by atoms with van der Waals surface area (Å²) in [5.74, 6) is 1.03. The molecule has 1 rings (SSSR count). The maximum atomic E-state index is 10.2. The minimum Gasteiger partial charge on any atom is -0.288 e. The van der Waals surface area contributed by atoms with Crippen molar-refractivity contribution in [2.24, 2.45) is 11.8 Å². The van der Waals surface area contributed by atoms with E-state index in [1.165, 1.54) is 16.2 Å². The molecule has 1 N–H and O–H groups in total. The molecule has 0 heterocycles. The van der Waals surface area contributed by atoms with Crippen LogP contribution in [0.3, 0.4) is 0 Å². The maximum Gasteiger partial charge on any atom is 0.0640 e. The first-order valence-corrected chi connectivity index (χ1v) is 7.44. The van der Waals surface area contributed by atoms with Crippen molar-refractivity contribution in [3.63, 3.8) is 0 Å². The van der Waals surface area contributed by atoms with Crippen LogP contribution in [-0.4, -0.2) is 10.7 Å².